The number of nitrogen functional groups attached to an aromatic ring is 1. The van der Waals surface area contributed by atoms with Gasteiger partial charge < -0.3 is 24.7 Å². The van der Waals surface area contributed by atoms with Gasteiger partial charge in [-0.1, -0.05) is 87.9 Å². The van der Waals surface area contributed by atoms with Gasteiger partial charge in [0.2, 0.25) is 0 Å². The number of Topliss-reactive ketones (excluding diaryl/α,β-unsaturated/α-hetero) is 1. The Kier molecular flexibility index (Phi) is 14.1. The number of unbranched alkanes of at least 4 members (excludes halogenated alkanes) is 4. The molecule has 0 spiro atoms. The molecule has 13 heteroatoms. The average molecular weight is 752 g/mol. The van der Waals surface area contributed by atoms with Gasteiger partial charge in [0.05, 0.1) is 11.9 Å². The second kappa shape index (κ2) is 19.1. The van der Waals surface area contributed by atoms with Crippen LogP contribution in [0.5, 0.6) is 0 Å². The number of anilines is 1. The number of hydrogen-bond acceptors (Lipinski definition) is 12. The van der Waals surface area contributed by atoms with Gasteiger partial charge in [-0.25, -0.2) is 19.7 Å². The van der Waals surface area contributed by atoms with Gasteiger partial charge in [0.25, 0.3) is 0 Å². The van der Waals surface area contributed by atoms with Crippen LogP contribution in [0.1, 0.15) is 122 Å². The zero-order chi connectivity index (χ0) is 39.4. The van der Waals surface area contributed by atoms with E-state index < -0.39 is 23.7 Å². The standard InChI is InChI=1S/C42H49N5O8/c1-5-8-10-20-36(49)52-24-29-16-12-14-18-32(29)34(48)22-31-23-35(47-27-44-38-39(43)45-28(4)46-40(38)47)55-42(31,7-3)26-54-41(51)33-19-15-13-17-30(33)25-53-37(50)21-11-9-6-2/h3,12-19,27,31,35H,5-6,8-11,20-26H2,1-2,4H3,(H2,43,45,46)/t31-,35+,42+/m0/s1. The minimum Gasteiger partial charge on any atom is -0.461 e. The molecule has 1 aliphatic heterocycles. The number of hydrogen-bond donors (Lipinski definition) is 1. The lowest BCUT2D eigenvalue weighted by atomic mass is 9.82. The van der Waals surface area contributed by atoms with Crippen molar-refractivity contribution in [2.24, 2.45) is 5.92 Å². The van der Waals surface area contributed by atoms with Crippen LogP contribution in [0.4, 0.5) is 5.82 Å². The fourth-order valence-corrected chi connectivity index (χ4v) is 6.69. The maximum absolute atomic E-state index is 14.1. The van der Waals surface area contributed by atoms with Crippen molar-refractivity contribution in [2.45, 2.75) is 110 Å². The first kappa shape index (κ1) is 40.6. The number of benzene rings is 2. The van der Waals surface area contributed by atoms with Crippen molar-refractivity contribution in [3.63, 3.8) is 0 Å². The Hall–Kier alpha value is -5.61. The van der Waals surface area contributed by atoms with E-state index >= 15 is 0 Å². The number of aromatic nitrogens is 4. The van der Waals surface area contributed by atoms with Crippen LogP contribution >= 0.6 is 0 Å². The molecule has 0 saturated carbocycles. The van der Waals surface area contributed by atoms with E-state index in [2.05, 4.69) is 34.7 Å². The summed E-state index contributed by atoms with van der Waals surface area (Å²) in [5.74, 6) is 1.11. The summed E-state index contributed by atoms with van der Waals surface area (Å²) in [6, 6.07) is 13.7. The van der Waals surface area contributed by atoms with Crippen LogP contribution in [0.15, 0.2) is 54.9 Å². The molecule has 2 aromatic heterocycles. The van der Waals surface area contributed by atoms with E-state index in [0.717, 1.165) is 38.5 Å². The number of terminal acetylenes is 1. The fraction of sp³-hybridized carbons (Fsp3) is 0.452. The Morgan fingerprint density at radius 1 is 0.891 bits per heavy atom. The van der Waals surface area contributed by atoms with Crippen LogP contribution in [0.3, 0.4) is 0 Å². The van der Waals surface area contributed by atoms with Gasteiger partial charge >= 0.3 is 17.9 Å². The maximum atomic E-state index is 14.1. The first-order chi connectivity index (χ1) is 26.6. The van der Waals surface area contributed by atoms with Crippen molar-refractivity contribution in [2.75, 3.05) is 12.3 Å². The topological polar surface area (TPSA) is 175 Å². The highest BCUT2D eigenvalue weighted by atomic mass is 16.6. The highest BCUT2D eigenvalue weighted by Gasteiger charge is 2.50. The van der Waals surface area contributed by atoms with Crippen LogP contribution in [-0.2, 0) is 41.8 Å². The number of imidazole rings is 1. The number of carbonyl (C=O) groups excluding carboxylic acids is 4. The van der Waals surface area contributed by atoms with Gasteiger partial charge in [-0.2, -0.15) is 0 Å². The number of aryl methyl sites for hydroxylation is 1. The summed E-state index contributed by atoms with van der Waals surface area (Å²) < 4.78 is 25.2. The lowest BCUT2D eigenvalue weighted by Gasteiger charge is -2.29. The molecule has 1 aliphatic rings. The zero-order valence-electron chi connectivity index (χ0n) is 31.8. The number of ether oxygens (including phenoxy) is 4. The number of rotatable bonds is 19. The molecule has 0 bridgehead atoms. The molecule has 3 atom stereocenters. The van der Waals surface area contributed by atoms with Crippen molar-refractivity contribution in [1.82, 2.24) is 19.5 Å². The molecule has 2 aromatic carbocycles. The van der Waals surface area contributed by atoms with Crippen LogP contribution < -0.4 is 5.73 Å². The van der Waals surface area contributed by atoms with Crippen molar-refractivity contribution >= 4 is 40.7 Å². The Morgan fingerprint density at radius 2 is 1.49 bits per heavy atom. The predicted molar refractivity (Wildman–Crippen MR) is 204 cm³/mol. The van der Waals surface area contributed by atoms with Crippen LogP contribution in [0.25, 0.3) is 11.2 Å². The second-order valence-corrected chi connectivity index (χ2v) is 13.8. The smallest absolute Gasteiger partial charge is 0.338 e. The number of fused-ring (bicyclic) bond motifs is 1. The normalized spacial score (nSPS) is 17.8. The lowest BCUT2D eigenvalue weighted by Crippen LogP contribution is -2.41. The van der Waals surface area contributed by atoms with Crippen LogP contribution in [-0.4, -0.2) is 55.4 Å². The first-order valence-electron chi connectivity index (χ1n) is 18.9. The number of nitrogens with zero attached hydrogens (tertiary/aromatic N) is 4. The van der Waals surface area contributed by atoms with E-state index in [-0.39, 0.29) is 61.8 Å². The lowest BCUT2D eigenvalue weighted by molar-refractivity contribution is -0.146. The van der Waals surface area contributed by atoms with Gasteiger partial charge in [0.1, 0.15) is 37.4 Å². The summed E-state index contributed by atoms with van der Waals surface area (Å²) in [6.45, 7) is 5.28. The van der Waals surface area contributed by atoms with E-state index in [0.29, 0.717) is 46.5 Å². The summed E-state index contributed by atoms with van der Waals surface area (Å²) in [4.78, 5) is 65.6. The van der Waals surface area contributed by atoms with Crippen molar-refractivity contribution in [1.29, 1.82) is 0 Å². The summed E-state index contributed by atoms with van der Waals surface area (Å²) in [6.07, 6.45) is 13.0. The Balaban J connectivity index is 1.38. The average Bonchev–Trinajstić information content (AvgIpc) is 3.77. The molecule has 0 radical (unpaired) electrons. The monoisotopic (exact) mass is 751 g/mol. The molecule has 290 valence electrons. The predicted octanol–water partition coefficient (Wildman–Crippen LogP) is 7.00. The largest absolute Gasteiger partial charge is 0.461 e. The van der Waals surface area contributed by atoms with Gasteiger partial charge in [0.15, 0.2) is 22.8 Å². The number of carbonyl (C=O) groups is 4. The quantitative estimate of drug-likeness (QED) is 0.0342. The first-order valence-corrected chi connectivity index (χ1v) is 18.9. The van der Waals surface area contributed by atoms with Crippen LogP contribution in [0, 0.1) is 25.2 Å². The maximum Gasteiger partial charge on any atom is 0.338 e. The third kappa shape index (κ3) is 10.1. The molecule has 1 saturated heterocycles. The van der Waals surface area contributed by atoms with E-state index in [9.17, 15) is 19.2 Å². The Morgan fingerprint density at radius 3 is 2.11 bits per heavy atom. The molecule has 0 aliphatic carbocycles. The van der Waals surface area contributed by atoms with E-state index in [4.69, 9.17) is 31.1 Å². The minimum atomic E-state index is -1.55. The second-order valence-electron chi connectivity index (χ2n) is 13.8. The summed E-state index contributed by atoms with van der Waals surface area (Å²) in [5.41, 5.74) is 7.03. The molecule has 55 heavy (non-hydrogen) atoms. The number of esters is 3. The zero-order valence-corrected chi connectivity index (χ0v) is 31.8. The molecule has 0 unspecified atom stereocenters. The summed E-state index contributed by atoms with van der Waals surface area (Å²) in [7, 11) is 0. The third-order valence-electron chi connectivity index (χ3n) is 9.76. The molecule has 1 fully saturated rings. The highest BCUT2D eigenvalue weighted by molar-refractivity contribution is 5.98. The van der Waals surface area contributed by atoms with E-state index in [1.54, 1.807) is 60.0 Å². The third-order valence-corrected chi connectivity index (χ3v) is 9.76. The minimum absolute atomic E-state index is 0.0521. The van der Waals surface area contributed by atoms with Crippen molar-refractivity contribution < 1.29 is 38.1 Å². The van der Waals surface area contributed by atoms with E-state index in [1.807, 2.05) is 0 Å². The highest BCUT2D eigenvalue weighted by Crippen LogP contribution is 2.45. The van der Waals surface area contributed by atoms with Gasteiger partial charge in [-0.05, 0) is 32.3 Å². The van der Waals surface area contributed by atoms with Gasteiger partial charge in [-0.15, -0.1) is 6.42 Å². The molecule has 4 aromatic rings. The fourth-order valence-electron chi connectivity index (χ4n) is 6.69. The van der Waals surface area contributed by atoms with Gasteiger partial charge in [-0.3, -0.25) is 19.0 Å². The molecule has 5 rings (SSSR count). The van der Waals surface area contributed by atoms with E-state index in [1.165, 1.54) is 6.33 Å². The molecular formula is C42H49N5O8. The number of ketones is 1. The van der Waals surface area contributed by atoms with Crippen molar-refractivity contribution in [3.8, 4) is 12.3 Å². The molecule has 13 nitrogen and oxygen atoms in total. The molecule has 0 amide bonds. The Labute approximate surface area is 321 Å². The number of nitrogens with two attached hydrogens (primary N) is 1. The summed E-state index contributed by atoms with van der Waals surface area (Å²) >= 11 is 0. The molecular weight excluding hydrogens is 702 g/mol. The SMILES string of the molecule is C#C[C@]1(COC(=O)c2ccccc2COC(=O)CCCCC)O[C@@H](n2cnc3c(N)nc(C)nc32)C[C@@H]1CC(=O)c1ccccc1COC(=O)CCCCC. The molecule has 2 N–H and O–H groups in total. The van der Waals surface area contributed by atoms with Crippen LogP contribution in [0.2, 0.25) is 0 Å². The molecule has 3 heterocycles. The Bertz CT molecular complexity index is 2040. The van der Waals surface area contributed by atoms with Gasteiger partial charge in [0, 0.05) is 41.9 Å². The van der Waals surface area contributed by atoms with Crippen molar-refractivity contribution in [3.05, 3.63) is 82.9 Å². The summed E-state index contributed by atoms with van der Waals surface area (Å²) in [5, 5.41) is 0.